The van der Waals surface area contributed by atoms with Crippen molar-refractivity contribution in [1.29, 1.82) is 0 Å². The Kier molecular flexibility index (Phi) is 6.07. The number of anilines is 1. The Balaban J connectivity index is 2.17. The smallest absolute Gasteiger partial charge is 0.356 e. The van der Waals surface area contributed by atoms with Crippen molar-refractivity contribution in [1.82, 2.24) is 10.2 Å². The zero-order valence-corrected chi connectivity index (χ0v) is 10.7. The maximum absolute atomic E-state index is 10.6. The number of nitrogens with one attached hydrogen (secondary N) is 1. The largest absolute Gasteiger partial charge is 0.476 e. The number of hydrogen-bond acceptors (Lipinski definition) is 5. The zero-order chi connectivity index (χ0) is 13.4. The first kappa shape index (κ1) is 14.4. The summed E-state index contributed by atoms with van der Waals surface area (Å²) in [6, 6.07) is 3.04. The van der Waals surface area contributed by atoms with Gasteiger partial charge in [0.2, 0.25) is 0 Å². The number of aromatic carboxylic acids is 1. The highest BCUT2D eigenvalue weighted by atomic mass is 16.5. The van der Waals surface area contributed by atoms with E-state index < -0.39 is 5.97 Å². The van der Waals surface area contributed by atoms with Crippen LogP contribution in [0.25, 0.3) is 0 Å². The molecule has 1 aromatic heterocycles. The van der Waals surface area contributed by atoms with Gasteiger partial charge in [-0.3, -0.25) is 0 Å². The minimum atomic E-state index is -1.07. The van der Waals surface area contributed by atoms with Crippen LogP contribution in [-0.4, -0.2) is 40.5 Å². The molecule has 0 aromatic carbocycles. The summed E-state index contributed by atoms with van der Waals surface area (Å²) in [4.78, 5) is 10.6. The number of hydrogen-bond donors (Lipinski definition) is 2. The molecule has 2 N–H and O–H groups in total. The third kappa shape index (κ3) is 5.58. The number of carboxylic acids is 1. The maximum Gasteiger partial charge on any atom is 0.356 e. The van der Waals surface area contributed by atoms with Gasteiger partial charge >= 0.3 is 5.97 Å². The second-order valence-electron chi connectivity index (χ2n) is 4.16. The van der Waals surface area contributed by atoms with E-state index in [1.54, 1.807) is 6.07 Å². The average Bonchev–Trinajstić information content (AvgIpc) is 2.34. The van der Waals surface area contributed by atoms with E-state index in [9.17, 15) is 4.79 Å². The van der Waals surface area contributed by atoms with E-state index in [-0.39, 0.29) is 11.8 Å². The van der Waals surface area contributed by atoms with Crippen molar-refractivity contribution < 1.29 is 14.6 Å². The molecular formula is C12H19N3O3. The summed E-state index contributed by atoms with van der Waals surface area (Å²) in [5.41, 5.74) is -0.0501. The molecule has 1 rings (SSSR count). The van der Waals surface area contributed by atoms with Crippen molar-refractivity contribution in [3.63, 3.8) is 0 Å². The SMILES string of the molecule is CC(C)OCCCCNc1ccc(C(=O)O)nn1. The molecule has 0 unspecified atom stereocenters. The van der Waals surface area contributed by atoms with Gasteiger partial charge in [0.25, 0.3) is 0 Å². The van der Waals surface area contributed by atoms with Crippen LogP contribution in [-0.2, 0) is 4.74 Å². The lowest BCUT2D eigenvalue weighted by molar-refractivity contribution is 0.0689. The van der Waals surface area contributed by atoms with Crippen LogP contribution in [0.3, 0.4) is 0 Å². The lowest BCUT2D eigenvalue weighted by Crippen LogP contribution is -2.09. The molecule has 0 saturated carbocycles. The molecule has 0 atom stereocenters. The minimum absolute atomic E-state index is 0.0501. The summed E-state index contributed by atoms with van der Waals surface area (Å²) in [5, 5.41) is 19.1. The van der Waals surface area contributed by atoms with Gasteiger partial charge in [0.15, 0.2) is 5.69 Å². The number of rotatable bonds is 8. The van der Waals surface area contributed by atoms with E-state index in [0.717, 1.165) is 26.0 Å². The van der Waals surface area contributed by atoms with E-state index in [2.05, 4.69) is 15.5 Å². The first-order valence-corrected chi connectivity index (χ1v) is 6.02. The molecule has 6 heteroatoms. The number of unbranched alkanes of at least 4 members (excludes halogenated alkanes) is 1. The Morgan fingerprint density at radius 3 is 2.72 bits per heavy atom. The molecule has 0 spiro atoms. The second-order valence-corrected chi connectivity index (χ2v) is 4.16. The van der Waals surface area contributed by atoms with Crippen molar-refractivity contribution in [2.75, 3.05) is 18.5 Å². The Labute approximate surface area is 106 Å². The Morgan fingerprint density at radius 2 is 2.17 bits per heavy atom. The molecule has 18 heavy (non-hydrogen) atoms. The van der Waals surface area contributed by atoms with Gasteiger partial charge in [-0.2, -0.15) is 0 Å². The highest BCUT2D eigenvalue weighted by Crippen LogP contribution is 2.03. The third-order valence-electron chi connectivity index (χ3n) is 2.21. The Hall–Kier alpha value is -1.69. The van der Waals surface area contributed by atoms with E-state index in [4.69, 9.17) is 9.84 Å². The van der Waals surface area contributed by atoms with Gasteiger partial charge in [-0.1, -0.05) is 0 Å². The number of carboxylic acid groups (broad SMARTS) is 1. The number of nitrogens with zero attached hydrogens (tertiary/aromatic N) is 2. The summed E-state index contributed by atoms with van der Waals surface area (Å²) in [6.07, 6.45) is 2.22. The lowest BCUT2D eigenvalue weighted by atomic mass is 10.3. The predicted octanol–water partition coefficient (Wildman–Crippen LogP) is 1.79. The monoisotopic (exact) mass is 253 g/mol. The van der Waals surface area contributed by atoms with Crippen LogP contribution in [0.2, 0.25) is 0 Å². The van der Waals surface area contributed by atoms with Gasteiger partial charge in [-0.25, -0.2) is 4.79 Å². The second kappa shape index (κ2) is 7.60. The Bertz CT molecular complexity index is 365. The van der Waals surface area contributed by atoms with Crippen LogP contribution < -0.4 is 5.32 Å². The van der Waals surface area contributed by atoms with Crippen molar-refractivity contribution in [3.05, 3.63) is 17.8 Å². The van der Waals surface area contributed by atoms with E-state index in [0.29, 0.717) is 5.82 Å². The van der Waals surface area contributed by atoms with Crippen molar-refractivity contribution in [2.24, 2.45) is 0 Å². The molecule has 0 aliphatic carbocycles. The van der Waals surface area contributed by atoms with E-state index in [1.165, 1.54) is 6.07 Å². The number of aromatic nitrogens is 2. The quantitative estimate of drug-likeness (QED) is 0.687. The number of carbonyl (C=O) groups is 1. The molecule has 1 heterocycles. The van der Waals surface area contributed by atoms with Crippen LogP contribution in [0, 0.1) is 0 Å². The van der Waals surface area contributed by atoms with Crippen molar-refractivity contribution in [2.45, 2.75) is 32.8 Å². The molecule has 0 aliphatic rings. The zero-order valence-electron chi connectivity index (χ0n) is 10.7. The molecule has 6 nitrogen and oxygen atoms in total. The van der Waals surface area contributed by atoms with Gasteiger partial charge in [-0.05, 0) is 38.8 Å². The summed E-state index contributed by atoms with van der Waals surface area (Å²) in [7, 11) is 0. The molecule has 0 aliphatic heterocycles. The van der Waals surface area contributed by atoms with Crippen LogP contribution >= 0.6 is 0 Å². The maximum atomic E-state index is 10.6. The van der Waals surface area contributed by atoms with Gasteiger partial charge in [0.1, 0.15) is 5.82 Å². The lowest BCUT2D eigenvalue weighted by Gasteiger charge is -2.07. The summed E-state index contributed by atoms with van der Waals surface area (Å²) in [6.45, 7) is 5.54. The highest BCUT2D eigenvalue weighted by Gasteiger charge is 2.04. The van der Waals surface area contributed by atoms with E-state index in [1.807, 2.05) is 13.8 Å². The standard InChI is InChI=1S/C12H19N3O3/c1-9(2)18-8-4-3-7-13-11-6-5-10(12(16)17)14-15-11/h5-6,9H,3-4,7-8H2,1-2H3,(H,13,15)(H,16,17). The average molecular weight is 253 g/mol. The van der Waals surface area contributed by atoms with Crippen molar-refractivity contribution in [3.8, 4) is 0 Å². The van der Waals surface area contributed by atoms with Crippen LogP contribution in [0.5, 0.6) is 0 Å². The molecule has 0 fully saturated rings. The molecule has 0 amide bonds. The fourth-order valence-corrected chi connectivity index (χ4v) is 1.30. The van der Waals surface area contributed by atoms with Gasteiger partial charge in [-0.15, -0.1) is 10.2 Å². The van der Waals surface area contributed by atoms with Gasteiger partial charge in [0.05, 0.1) is 6.10 Å². The Morgan fingerprint density at radius 1 is 1.39 bits per heavy atom. The molecular weight excluding hydrogens is 234 g/mol. The minimum Gasteiger partial charge on any atom is -0.476 e. The van der Waals surface area contributed by atoms with E-state index >= 15 is 0 Å². The van der Waals surface area contributed by atoms with Crippen LogP contribution in [0.4, 0.5) is 5.82 Å². The van der Waals surface area contributed by atoms with Crippen molar-refractivity contribution >= 4 is 11.8 Å². The molecule has 100 valence electrons. The molecule has 0 saturated heterocycles. The molecule has 1 aromatic rings. The fourth-order valence-electron chi connectivity index (χ4n) is 1.30. The summed E-state index contributed by atoms with van der Waals surface area (Å²) < 4.78 is 5.42. The topological polar surface area (TPSA) is 84.3 Å². The van der Waals surface area contributed by atoms with Gasteiger partial charge in [0, 0.05) is 13.2 Å². The number of ether oxygens (including phenoxy) is 1. The molecule has 0 radical (unpaired) electrons. The van der Waals surface area contributed by atoms with Crippen LogP contribution in [0.1, 0.15) is 37.2 Å². The highest BCUT2D eigenvalue weighted by molar-refractivity contribution is 5.85. The van der Waals surface area contributed by atoms with Gasteiger partial charge < -0.3 is 15.2 Å². The normalized spacial score (nSPS) is 10.6. The predicted molar refractivity (Wildman–Crippen MR) is 67.8 cm³/mol. The third-order valence-corrected chi connectivity index (χ3v) is 2.21. The fraction of sp³-hybridized carbons (Fsp3) is 0.583. The molecule has 0 bridgehead atoms. The summed E-state index contributed by atoms with van der Waals surface area (Å²) in [5.74, 6) is -0.482. The summed E-state index contributed by atoms with van der Waals surface area (Å²) >= 11 is 0. The first-order valence-electron chi connectivity index (χ1n) is 6.02. The first-order chi connectivity index (χ1) is 8.59. The van der Waals surface area contributed by atoms with Crippen LogP contribution in [0.15, 0.2) is 12.1 Å².